The molecule has 1 amide bonds. The fraction of sp³-hybridized carbons (Fsp3) is 0.293. The molecule has 51 heavy (non-hydrogen) atoms. The van der Waals surface area contributed by atoms with Crippen LogP contribution in [0.5, 0.6) is 0 Å². The van der Waals surface area contributed by atoms with Crippen molar-refractivity contribution in [2.45, 2.75) is 57.5 Å². The Morgan fingerprint density at radius 2 is 1.39 bits per heavy atom. The van der Waals surface area contributed by atoms with Gasteiger partial charge in [-0.1, -0.05) is 129 Å². The Bertz CT molecular complexity index is 1960. The lowest BCUT2D eigenvalue weighted by molar-refractivity contribution is -0.168. The van der Waals surface area contributed by atoms with E-state index < -0.39 is 21.5 Å². The monoisotopic (exact) mass is 709 g/mol. The molecule has 0 aliphatic carbocycles. The van der Waals surface area contributed by atoms with Crippen molar-refractivity contribution in [2.24, 2.45) is 5.92 Å². The third-order valence-corrected chi connectivity index (χ3v) is 9.91. The van der Waals surface area contributed by atoms with Crippen LogP contribution in [0.4, 0.5) is 0 Å². The van der Waals surface area contributed by atoms with Crippen molar-refractivity contribution in [2.75, 3.05) is 20.6 Å². The zero-order chi connectivity index (χ0) is 37.0. The summed E-state index contributed by atoms with van der Waals surface area (Å²) in [6.07, 6.45) is 1.13. The first-order valence-electron chi connectivity index (χ1n) is 17.0. The van der Waals surface area contributed by atoms with Crippen LogP contribution in [0.1, 0.15) is 50.5 Å². The lowest BCUT2D eigenvalue weighted by atomic mass is 9.77. The maximum absolute atomic E-state index is 12.3. The molecular weight excluding hydrogens is 663 g/mol. The van der Waals surface area contributed by atoms with Gasteiger partial charge in [-0.15, -0.1) is 0 Å². The highest BCUT2D eigenvalue weighted by Crippen LogP contribution is 2.39. The summed E-state index contributed by atoms with van der Waals surface area (Å²) in [4.78, 5) is 25.9. The van der Waals surface area contributed by atoms with Crippen LogP contribution in [0.15, 0.2) is 125 Å². The predicted molar refractivity (Wildman–Crippen MR) is 200 cm³/mol. The van der Waals surface area contributed by atoms with Gasteiger partial charge in [0.2, 0.25) is 5.91 Å². The van der Waals surface area contributed by atoms with E-state index in [2.05, 4.69) is 55.3 Å². The normalized spacial score (nSPS) is 13.0. The molecule has 4 aromatic carbocycles. The molecule has 5 rings (SSSR count). The van der Waals surface area contributed by atoms with E-state index in [1.165, 1.54) is 17.7 Å². The van der Waals surface area contributed by atoms with E-state index in [1.54, 1.807) is 26.0 Å². The largest absolute Gasteiger partial charge is 0.453 e. The summed E-state index contributed by atoms with van der Waals surface area (Å²) >= 11 is 0. The fourth-order valence-corrected chi connectivity index (χ4v) is 6.99. The van der Waals surface area contributed by atoms with Crippen molar-refractivity contribution in [3.8, 4) is 22.4 Å². The molecule has 0 radical (unpaired) electrons. The van der Waals surface area contributed by atoms with Crippen LogP contribution in [0.25, 0.3) is 22.4 Å². The molecule has 0 saturated carbocycles. The lowest BCUT2D eigenvalue weighted by Gasteiger charge is -2.40. The van der Waals surface area contributed by atoms with Crippen LogP contribution in [0.2, 0.25) is 0 Å². The first-order chi connectivity index (χ1) is 24.4. The number of carbonyl (C=O) groups excluding carboxylic acids is 2. The van der Waals surface area contributed by atoms with Gasteiger partial charge >= 0.3 is 5.97 Å². The number of hydrogen-bond donors (Lipinski definition) is 1. The van der Waals surface area contributed by atoms with Crippen LogP contribution >= 0.6 is 0 Å². The second-order valence-corrected chi connectivity index (χ2v) is 14.3. The second-order valence-electron chi connectivity index (χ2n) is 12.6. The van der Waals surface area contributed by atoms with E-state index in [0.29, 0.717) is 24.3 Å². The van der Waals surface area contributed by atoms with Gasteiger partial charge < -0.3 is 14.2 Å². The molecule has 0 aliphatic heterocycles. The predicted octanol–water partition coefficient (Wildman–Crippen LogP) is 7.81. The molecule has 1 heterocycles. The molecular formula is C41H47N3O6S. The topological polar surface area (TPSA) is 119 Å². The highest BCUT2D eigenvalue weighted by atomic mass is 32.2. The molecule has 2 atom stereocenters. The third-order valence-electron chi connectivity index (χ3n) is 8.52. The summed E-state index contributed by atoms with van der Waals surface area (Å²) in [6.45, 7) is 8.24. The Morgan fingerprint density at radius 1 is 0.824 bits per heavy atom. The summed E-state index contributed by atoms with van der Waals surface area (Å²) in [6, 6.07) is 36.3. The van der Waals surface area contributed by atoms with Crippen LogP contribution in [0, 0.1) is 12.8 Å². The Labute approximate surface area is 301 Å². The summed E-state index contributed by atoms with van der Waals surface area (Å²) in [5, 5.41) is 4.13. The standard InChI is InChI=1S/C22H29NO2.C19H18N2O4S/c1-5-21(24)25-22(18(2)17-23(3)4,20-14-10-7-11-15-20)16-19-12-8-6-9-13-19;1-3-17(22)21-26(23,24)16-11-9-14(10-12-16)18-13(2)25-20-19(18)15-7-5-4-6-8-15/h6-15,18H,5,16-17H2,1-4H3;4-12H,3H2,1-2H3,(H,21,22). The molecule has 1 N–H and O–H groups in total. The number of aromatic nitrogens is 1. The highest BCUT2D eigenvalue weighted by molar-refractivity contribution is 7.90. The van der Waals surface area contributed by atoms with Crippen LogP contribution in [-0.2, 0) is 36.4 Å². The average Bonchev–Trinajstić information content (AvgIpc) is 3.53. The second kappa shape index (κ2) is 17.7. The number of sulfonamides is 1. The molecule has 0 saturated heterocycles. The minimum atomic E-state index is -3.87. The molecule has 2 unspecified atom stereocenters. The number of nitrogens with zero attached hydrogens (tertiary/aromatic N) is 2. The lowest BCUT2D eigenvalue weighted by Crippen LogP contribution is -2.44. The van der Waals surface area contributed by atoms with E-state index in [1.807, 2.05) is 78.4 Å². The third kappa shape index (κ3) is 10.0. The Morgan fingerprint density at radius 3 is 1.94 bits per heavy atom. The van der Waals surface area contributed by atoms with Gasteiger partial charge in [-0.2, -0.15) is 0 Å². The number of ether oxygens (including phenoxy) is 1. The fourth-order valence-electron chi connectivity index (χ4n) is 5.93. The number of amides is 1. The molecule has 10 heteroatoms. The zero-order valence-corrected chi connectivity index (χ0v) is 30.9. The van der Waals surface area contributed by atoms with Gasteiger partial charge in [0.05, 0.1) is 10.5 Å². The summed E-state index contributed by atoms with van der Waals surface area (Å²) in [7, 11) is 0.236. The molecule has 5 aromatic rings. The quantitative estimate of drug-likeness (QED) is 0.123. The van der Waals surface area contributed by atoms with Crippen LogP contribution in [-0.4, -0.2) is 51.0 Å². The van der Waals surface area contributed by atoms with Crippen molar-refractivity contribution in [1.29, 1.82) is 0 Å². The molecule has 1 aromatic heterocycles. The maximum atomic E-state index is 12.3. The summed E-state index contributed by atoms with van der Waals surface area (Å²) in [5.41, 5.74) is 4.72. The Kier molecular flexibility index (Phi) is 13.5. The van der Waals surface area contributed by atoms with Gasteiger partial charge in [-0.25, -0.2) is 13.1 Å². The highest BCUT2D eigenvalue weighted by Gasteiger charge is 2.42. The number of hydrogen-bond acceptors (Lipinski definition) is 8. The first-order valence-corrected chi connectivity index (χ1v) is 18.5. The minimum Gasteiger partial charge on any atom is -0.453 e. The van der Waals surface area contributed by atoms with E-state index in [-0.39, 0.29) is 23.2 Å². The molecule has 0 fully saturated rings. The van der Waals surface area contributed by atoms with Crippen LogP contribution in [0.3, 0.4) is 0 Å². The van der Waals surface area contributed by atoms with Crippen molar-refractivity contribution >= 4 is 21.9 Å². The number of esters is 1. The molecule has 9 nitrogen and oxygen atoms in total. The summed E-state index contributed by atoms with van der Waals surface area (Å²) < 4.78 is 37.9. The van der Waals surface area contributed by atoms with Crippen molar-refractivity contribution in [1.82, 2.24) is 14.8 Å². The average molecular weight is 710 g/mol. The van der Waals surface area contributed by atoms with Crippen molar-refractivity contribution in [3.63, 3.8) is 0 Å². The summed E-state index contributed by atoms with van der Waals surface area (Å²) in [5.74, 6) is 0.0695. The zero-order valence-electron chi connectivity index (χ0n) is 30.1. The maximum Gasteiger partial charge on any atom is 0.306 e. The smallest absolute Gasteiger partial charge is 0.306 e. The molecule has 268 valence electrons. The SMILES string of the molecule is CCC(=O)NS(=O)(=O)c1ccc(-c2c(-c3ccccc3)noc2C)cc1.CCC(=O)OC(Cc1ccccc1)(c1ccccc1)C(C)CN(C)C. The number of carbonyl (C=O) groups is 2. The first kappa shape index (κ1) is 38.7. The molecule has 0 bridgehead atoms. The van der Waals surface area contributed by atoms with Crippen LogP contribution < -0.4 is 4.72 Å². The number of aryl methyl sites for hydroxylation is 1. The minimum absolute atomic E-state index is 0.0263. The van der Waals surface area contributed by atoms with E-state index >= 15 is 0 Å². The van der Waals surface area contributed by atoms with Gasteiger partial charge in [-0.3, -0.25) is 9.59 Å². The Balaban J connectivity index is 0.000000229. The number of rotatable bonds is 13. The van der Waals surface area contributed by atoms with Gasteiger partial charge in [0.1, 0.15) is 17.1 Å². The number of benzene rings is 4. The van der Waals surface area contributed by atoms with Crippen molar-refractivity contribution in [3.05, 3.63) is 132 Å². The number of nitrogens with one attached hydrogen (secondary N) is 1. The molecule has 0 spiro atoms. The van der Waals surface area contributed by atoms with Gasteiger partial charge in [0.25, 0.3) is 10.0 Å². The van der Waals surface area contributed by atoms with E-state index in [9.17, 15) is 18.0 Å². The van der Waals surface area contributed by atoms with Gasteiger partial charge in [0, 0.05) is 37.3 Å². The van der Waals surface area contributed by atoms with Gasteiger partial charge in [-0.05, 0) is 49.8 Å². The Hall–Kier alpha value is -5.06. The molecule has 0 aliphatic rings. The van der Waals surface area contributed by atoms with E-state index in [4.69, 9.17) is 9.26 Å². The van der Waals surface area contributed by atoms with Crippen molar-refractivity contribution < 1.29 is 27.3 Å². The van der Waals surface area contributed by atoms with E-state index in [0.717, 1.165) is 28.8 Å². The van der Waals surface area contributed by atoms with Gasteiger partial charge in [0.15, 0.2) is 0 Å².